The lowest BCUT2D eigenvalue weighted by molar-refractivity contribution is -0.120. The lowest BCUT2D eigenvalue weighted by Crippen LogP contribution is -2.44. The third-order valence-electron chi connectivity index (χ3n) is 7.63. The van der Waals surface area contributed by atoms with Crippen LogP contribution in [0, 0.1) is 0 Å². The average molecular weight is 564 g/mol. The molecule has 0 aliphatic rings. The van der Waals surface area contributed by atoms with Gasteiger partial charge in [-0.1, -0.05) is 57.2 Å². The van der Waals surface area contributed by atoms with Gasteiger partial charge in [0.15, 0.2) is 8.32 Å². The highest BCUT2D eigenvalue weighted by Gasteiger charge is 2.39. The molecule has 0 spiro atoms. The molecule has 7 nitrogen and oxygen atoms in total. The topological polar surface area (TPSA) is 104 Å². The van der Waals surface area contributed by atoms with Gasteiger partial charge in [-0.3, -0.25) is 9.78 Å². The third kappa shape index (κ3) is 9.27. The molecule has 2 aromatic carbocycles. The molecule has 0 bridgehead atoms. The van der Waals surface area contributed by atoms with Crippen LogP contribution in [0.25, 0.3) is 0 Å². The van der Waals surface area contributed by atoms with Crippen molar-refractivity contribution in [2.24, 2.45) is 0 Å². The number of aromatic nitrogens is 1. The molecule has 1 aromatic heterocycles. The predicted molar refractivity (Wildman–Crippen MR) is 162 cm³/mol. The van der Waals surface area contributed by atoms with Crippen molar-refractivity contribution >= 4 is 14.2 Å². The summed E-state index contributed by atoms with van der Waals surface area (Å²) in [6.45, 7) is 14.0. The van der Waals surface area contributed by atoms with Gasteiger partial charge in [-0.25, -0.2) is 0 Å². The van der Waals surface area contributed by atoms with Gasteiger partial charge in [-0.05, 0) is 72.4 Å². The molecule has 1 heterocycles. The molecule has 4 N–H and O–H groups in total. The first-order valence-electron chi connectivity index (χ1n) is 14.0. The summed E-state index contributed by atoms with van der Waals surface area (Å²) in [5.74, 6) is 0.0553. The molecule has 0 aliphatic heterocycles. The maximum Gasteiger partial charge on any atom is 0.224 e. The summed E-state index contributed by atoms with van der Waals surface area (Å²) in [5, 5.41) is 26.4. The summed E-state index contributed by atoms with van der Waals surface area (Å²) in [4.78, 5) is 16.7. The fourth-order valence-electron chi connectivity index (χ4n) is 4.23. The van der Waals surface area contributed by atoms with Gasteiger partial charge in [0.2, 0.25) is 5.91 Å². The van der Waals surface area contributed by atoms with E-state index in [-0.39, 0.29) is 35.4 Å². The Hall–Kier alpha value is -3.04. The van der Waals surface area contributed by atoms with Gasteiger partial charge in [-0.2, -0.15) is 0 Å². The second kappa shape index (κ2) is 14.0. The molecule has 3 aromatic rings. The molecular formula is C32H45N3O4Si. The van der Waals surface area contributed by atoms with Gasteiger partial charge in [-0.15, -0.1) is 0 Å². The van der Waals surface area contributed by atoms with Crippen molar-refractivity contribution < 1.29 is 19.4 Å². The van der Waals surface area contributed by atoms with E-state index in [1.54, 1.807) is 12.3 Å². The van der Waals surface area contributed by atoms with E-state index in [2.05, 4.69) is 68.5 Å². The van der Waals surface area contributed by atoms with E-state index >= 15 is 0 Å². The first kappa shape index (κ1) is 31.5. The van der Waals surface area contributed by atoms with Crippen molar-refractivity contribution in [3.63, 3.8) is 0 Å². The number of phenols is 1. The number of hydrogen-bond acceptors (Lipinski definition) is 6. The Morgan fingerprint density at radius 1 is 1.05 bits per heavy atom. The van der Waals surface area contributed by atoms with Gasteiger partial charge in [0.1, 0.15) is 5.75 Å². The molecule has 8 heteroatoms. The summed E-state index contributed by atoms with van der Waals surface area (Å²) >= 11 is 0. The average Bonchev–Trinajstić information content (AvgIpc) is 2.90. The number of hydrogen-bond donors (Lipinski definition) is 4. The monoisotopic (exact) mass is 563 g/mol. The van der Waals surface area contributed by atoms with Crippen LogP contribution in [0.1, 0.15) is 61.7 Å². The van der Waals surface area contributed by atoms with Crippen LogP contribution < -0.4 is 10.6 Å². The molecule has 1 amide bonds. The van der Waals surface area contributed by atoms with Gasteiger partial charge in [0.25, 0.3) is 0 Å². The minimum absolute atomic E-state index is 0.0317. The number of aliphatic hydroxyl groups excluding tert-OH is 1. The molecule has 3 rings (SSSR count). The number of nitrogens with one attached hydrogen (secondary N) is 2. The van der Waals surface area contributed by atoms with E-state index in [0.717, 1.165) is 28.8 Å². The Labute approximate surface area is 240 Å². The van der Waals surface area contributed by atoms with Crippen molar-refractivity contribution in [3.8, 4) is 5.75 Å². The zero-order valence-electron chi connectivity index (χ0n) is 24.7. The number of aromatic hydroxyl groups is 1. The lowest BCUT2D eigenvalue weighted by atomic mass is 10.0. The van der Waals surface area contributed by atoms with Gasteiger partial charge < -0.3 is 25.3 Å². The van der Waals surface area contributed by atoms with Gasteiger partial charge in [0, 0.05) is 24.3 Å². The molecule has 0 aliphatic carbocycles. The van der Waals surface area contributed by atoms with Crippen LogP contribution in [-0.2, 0) is 35.2 Å². The molecule has 216 valence electrons. The second-order valence-electron chi connectivity index (χ2n) is 12.0. The zero-order valence-corrected chi connectivity index (χ0v) is 25.7. The molecular weight excluding hydrogens is 518 g/mol. The fraction of sp³-hybridized carbons (Fsp3) is 0.438. The first-order valence-corrected chi connectivity index (χ1v) is 16.9. The summed E-state index contributed by atoms with van der Waals surface area (Å²) in [6.07, 6.45) is 2.62. The quantitative estimate of drug-likeness (QED) is 0.207. The molecule has 0 radical (unpaired) electrons. The van der Waals surface area contributed by atoms with E-state index in [1.165, 1.54) is 0 Å². The highest BCUT2D eigenvalue weighted by atomic mass is 28.4. The number of benzene rings is 2. The summed E-state index contributed by atoms with van der Waals surface area (Å²) in [5.41, 5.74) is 4.40. The molecule has 2 atom stereocenters. The lowest BCUT2D eigenvalue weighted by Gasteiger charge is -2.40. The maximum absolute atomic E-state index is 12.5. The number of amides is 1. The van der Waals surface area contributed by atoms with E-state index in [4.69, 9.17) is 4.43 Å². The number of pyridine rings is 1. The van der Waals surface area contributed by atoms with Gasteiger partial charge >= 0.3 is 0 Å². The van der Waals surface area contributed by atoms with Crippen LogP contribution >= 0.6 is 0 Å². The minimum atomic E-state index is -2.10. The Morgan fingerprint density at radius 2 is 1.80 bits per heavy atom. The summed E-state index contributed by atoms with van der Waals surface area (Å²) in [7, 11) is -2.10. The number of carbonyl (C=O) groups excluding carboxylic acids is 1. The fourth-order valence-corrected chi connectivity index (χ4v) is 5.52. The maximum atomic E-state index is 12.5. The number of aliphatic hydroxyl groups is 1. The molecule has 0 saturated heterocycles. The van der Waals surface area contributed by atoms with Crippen LogP contribution in [0.5, 0.6) is 5.75 Å². The van der Waals surface area contributed by atoms with Gasteiger partial charge in [0.05, 0.1) is 31.4 Å². The van der Waals surface area contributed by atoms with Crippen molar-refractivity contribution in [2.75, 3.05) is 6.54 Å². The van der Waals surface area contributed by atoms with Crippen molar-refractivity contribution in [1.29, 1.82) is 0 Å². The summed E-state index contributed by atoms with van der Waals surface area (Å²) < 4.78 is 6.81. The number of carbonyl (C=O) groups is 1. The molecule has 0 fully saturated rings. The highest BCUT2D eigenvalue weighted by molar-refractivity contribution is 6.74. The smallest absolute Gasteiger partial charge is 0.224 e. The Kier molecular flexibility index (Phi) is 11.0. The molecule has 0 saturated carbocycles. The minimum Gasteiger partial charge on any atom is -0.508 e. The molecule has 0 unspecified atom stereocenters. The standard InChI is InChI=1S/C32H45N3O4Si/c1-23(16-24-10-9-11-25(17-24)18-31(38)35-20-28-12-7-8-15-33-28)34-21-30(39-40(5,6)32(2,3)4)26-13-14-29(37)27(19-26)22-36/h7-15,17,19,23,30,34,36-37H,16,18,20-22H2,1-6H3,(H,35,38)/t23-,30+/m1/s1. The van der Waals surface area contributed by atoms with Crippen molar-refractivity contribution in [1.82, 2.24) is 15.6 Å². The predicted octanol–water partition coefficient (Wildman–Crippen LogP) is 5.42. The Bertz CT molecular complexity index is 1240. The van der Waals surface area contributed by atoms with Crippen LogP contribution in [-0.4, -0.2) is 42.0 Å². The zero-order chi connectivity index (χ0) is 29.3. The highest BCUT2D eigenvalue weighted by Crippen LogP contribution is 2.40. The third-order valence-corrected chi connectivity index (χ3v) is 12.1. The van der Waals surface area contributed by atoms with Crippen LogP contribution in [0.2, 0.25) is 18.1 Å². The second-order valence-corrected chi connectivity index (χ2v) is 16.8. The van der Waals surface area contributed by atoms with Crippen LogP contribution in [0.15, 0.2) is 66.9 Å². The first-order chi connectivity index (χ1) is 18.9. The van der Waals surface area contributed by atoms with Crippen LogP contribution in [0.3, 0.4) is 0 Å². The SMILES string of the molecule is C[C@H](Cc1cccc(CC(=O)NCc2ccccn2)c1)NC[C@H](O[Si](C)(C)C(C)(C)C)c1ccc(O)c(CO)c1. The number of rotatable bonds is 13. The van der Waals surface area contributed by atoms with E-state index in [1.807, 2.05) is 42.5 Å². The summed E-state index contributed by atoms with van der Waals surface area (Å²) in [6, 6.07) is 19.3. The van der Waals surface area contributed by atoms with E-state index < -0.39 is 8.32 Å². The normalized spacial score (nSPS) is 13.6. The Morgan fingerprint density at radius 3 is 2.48 bits per heavy atom. The van der Waals surface area contributed by atoms with E-state index in [0.29, 0.717) is 25.1 Å². The van der Waals surface area contributed by atoms with Crippen LogP contribution in [0.4, 0.5) is 0 Å². The Balaban J connectivity index is 1.63. The molecule has 40 heavy (non-hydrogen) atoms. The van der Waals surface area contributed by atoms with E-state index in [9.17, 15) is 15.0 Å². The number of nitrogens with zero attached hydrogens (tertiary/aromatic N) is 1. The van der Waals surface area contributed by atoms with Crippen molar-refractivity contribution in [2.45, 2.75) is 84.0 Å². The van der Waals surface area contributed by atoms with Crippen molar-refractivity contribution in [3.05, 3.63) is 94.8 Å². The largest absolute Gasteiger partial charge is 0.508 e.